The summed E-state index contributed by atoms with van der Waals surface area (Å²) < 4.78 is 28.6. The Balaban J connectivity index is 2.63. The first kappa shape index (κ1) is 13.9. The molecule has 0 saturated heterocycles. The van der Waals surface area contributed by atoms with Crippen molar-refractivity contribution in [3.8, 4) is 5.75 Å². The molecule has 1 rings (SSSR count). The zero-order valence-electron chi connectivity index (χ0n) is 9.23. The van der Waals surface area contributed by atoms with Gasteiger partial charge < -0.3 is 15.2 Å². The van der Waals surface area contributed by atoms with E-state index in [9.17, 15) is 18.4 Å². The minimum absolute atomic E-state index is 0.124. The predicted octanol–water partition coefficient (Wildman–Crippen LogP) is 1.14. The van der Waals surface area contributed by atoms with Crippen LogP contribution in [0.1, 0.15) is 10.4 Å². The lowest BCUT2D eigenvalue weighted by molar-refractivity contribution is -0.139. The van der Waals surface area contributed by atoms with Gasteiger partial charge in [-0.15, -0.1) is 0 Å². The van der Waals surface area contributed by atoms with Gasteiger partial charge in [0.15, 0.2) is 6.61 Å². The molecule has 1 aromatic rings. The molecule has 1 amide bonds. The molecule has 0 radical (unpaired) electrons. The maximum absolute atomic E-state index is 11.9. The minimum atomic E-state index is -2.62. The van der Waals surface area contributed by atoms with Crippen molar-refractivity contribution in [3.05, 3.63) is 29.8 Å². The Morgan fingerprint density at radius 1 is 1.39 bits per heavy atom. The molecule has 0 saturated carbocycles. The summed E-state index contributed by atoms with van der Waals surface area (Å²) in [5, 5.41) is 10.4. The van der Waals surface area contributed by atoms with Crippen LogP contribution in [0.4, 0.5) is 8.78 Å². The van der Waals surface area contributed by atoms with Gasteiger partial charge >= 0.3 is 5.97 Å². The van der Waals surface area contributed by atoms with Crippen molar-refractivity contribution >= 4 is 11.9 Å². The van der Waals surface area contributed by atoms with E-state index in [4.69, 9.17) is 9.84 Å². The second-order valence-electron chi connectivity index (χ2n) is 3.31. The van der Waals surface area contributed by atoms with Crippen molar-refractivity contribution in [2.45, 2.75) is 6.43 Å². The van der Waals surface area contributed by atoms with E-state index >= 15 is 0 Å². The van der Waals surface area contributed by atoms with Crippen molar-refractivity contribution in [3.63, 3.8) is 0 Å². The lowest BCUT2D eigenvalue weighted by Gasteiger charge is -2.07. The smallest absolute Gasteiger partial charge is 0.341 e. The fourth-order valence-corrected chi connectivity index (χ4v) is 1.14. The molecular formula is C11H11F2NO4. The number of alkyl halides is 2. The van der Waals surface area contributed by atoms with E-state index in [1.165, 1.54) is 24.3 Å². The maximum atomic E-state index is 11.9. The molecule has 0 atom stereocenters. The van der Waals surface area contributed by atoms with Gasteiger partial charge in [-0.05, 0) is 18.2 Å². The maximum Gasteiger partial charge on any atom is 0.341 e. The number of hydrogen-bond donors (Lipinski definition) is 2. The summed E-state index contributed by atoms with van der Waals surface area (Å²) in [6.07, 6.45) is -2.62. The number of carbonyl (C=O) groups excluding carboxylic acids is 1. The third-order valence-corrected chi connectivity index (χ3v) is 1.88. The van der Waals surface area contributed by atoms with Gasteiger partial charge in [-0.25, -0.2) is 13.6 Å². The van der Waals surface area contributed by atoms with Crippen LogP contribution < -0.4 is 10.1 Å². The van der Waals surface area contributed by atoms with Crippen molar-refractivity contribution in [1.29, 1.82) is 0 Å². The molecular weight excluding hydrogens is 248 g/mol. The van der Waals surface area contributed by atoms with E-state index in [0.29, 0.717) is 0 Å². The van der Waals surface area contributed by atoms with Gasteiger partial charge in [-0.2, -0.15) is 0 Å². The fourth-order valence-electron chi connectivity index (χ4n) is 1.14. The highest BCUT2D eigenvalue weighted by molar-refractivity contribution is 5.94. The normalized spacial score (nSPS) is 10.2. The van der Waals surface area contributed by atoms with Crippen molar-refractivity contribution in [2.24, 2.45) is 0 Å². The van der Waals surface area contributed by atoms with Crippen LogP contribution in [0.5, 0.6) is 5.75 Å². The number of nitrogens with one attached hydrogen (secondary N) is 1. The zero-order valence-corrected chi connectivity index (χ0v) is 9.23. The molecule has 98 valence electrons. The predicted molar refractivity (Wildman–Crippen MR) is 57.9 cm³/mol. The number of rotatable bonds is 6. The van der Waals surface area contributed by atoms with Gasteiger partial charge in [-0.3, -0.25) is 4.79 Å². The lowest BCUT2D eigenvalue weighted by Crippen LogP contribution is -2.28. The van der Waals surface area contributed by atoms with Crippen molar-refractivity contribution < 1.29 is 28.2 Å². The molecule has 0 fully saturated rings. The molecule has 0 aliphatic heterocycles. The van der Waals surface area contributed by atoms with E-state index in [2.05, 4.69) is 0 Å². The first-order valence-electron chi connectivity index (χ1n) is 5.00. The summed E-state index contributed by atoms with van der Waals surface area (Å²) in [6.45, 7) is -1.28. The standard InChI is InChI=1S/C11H11F2NO4/c12-9(13)5-14-11(17)7-2-1-3-8(4-7)18-6-10(15)16/h1-4,9H,5-6H2,(H,14,17)(H,15,16). The summed E-state index contributed by atoms with van der Waals surface area (Å²) in [4.78, 5) is 21.7. The number of ether oxygens (including phenoxy) is 1. The van der Waals surface area contributed by atoms with Crippen LogP contribution in [0.15, 0.2) is 24.3 Å². The molecule has 18 heavy (non-hydrogen) atoms. The molecule has 0 aromatic heterocycles. The summed E-state index contributed by atoms with van der Waals surface area (Å²) >= 11 is 0. The van der Waals surface area contributed by atoms with Crippen molar-refractivity contribution in [1.82, 2.24) is 5.32 Å². The Kier molecular flexibility index (Phi) is 5.04. The molecule has 0 aliphatic carbocycles. The van der Waals surface area contributed by atoms with E-state index in [1.54, 1.807) is 0 Å². The van der Waals surface area contributed by atoms with Gasteiger partial charge in [0.25, 0.3) is 12.3 Å². The molecule has 0 heterocycles. The Morgan fingerprint density at radius 2 is 2.11 bits per heavy atom. The largest absolute Gasteiger partial charge is 0.482 e. The van der Waals surface area contributed by atoms with Gasteiger partial charge in [0, 0.05) is 5.56 Å². The molecule has 7 heteroatoms. The first-order chi connectivity index (χ1) is 8.49. The molecule has 0 spiro atoms. The summed E-state index contributed by atoms with van der Waals surface area (Å²) in [5.41, 5.74) is 0.124. The van der Waals surface area contributed by atoms with Crippen LogP contribution >= 0.6 is 0 Å². The first-order valence-corrected chi connectivity index (χ1v) is 5.00. The SMILES string of the molecule is O=C(O)COc1cccc(C(=O)NCC(F)F)c1. The average molecular weight is 259 g/mol. The number of carbonyl (C=O) groups is 2. The zero-order chi connectivity index (χ0) is 13.5. The Bertz CT molecular complexity index is 437. The van der Waals surface area contributed by atoms with Crippen LogP contribution in [0, 0.1) is 0 Å². The second kappa shape index (κ2) is 6.53. The highest BCUT2D eigenvalue weighted by Crippen LogP contribution is 2.13. The topological polar surface area (TPSA) is 75.6 Å². The van der Waals surface area contributed by atoms with Crippen LogP contribution in [-0.4, -0.2) is 36.6 Å². The number of hydrogen-bond acceptors (Lipinski definition) is 3. The lowest BCUT2D eigenvalue weighted by atomic mass is 10.2. The summed E-state index contributed by atoms with van der Waals surface area (Å²) in [7, 11) is 0. The van der Waals surface area contributed by atoms with Gasteiger partial charge in [-0.1, -0.05) is 6.07 Å². The van der Waals surface area contributed by atoms with Crippen LogP contribution in [0.2, 0.25) is 0 Å². The number of benzene rings is 1. The van der Waals surface area contributed by atoms with Crippen LogP contribution in [-0.2, 0) is 4.79 Å². The Labute approximate surface area is 101 Å². The van der Waals surface area contributed by atoms with E-state index in [-0.39, 0.29) is 11.3 Å². The Morgan fingerprint density at radius 3 is 2.72 bits per heavy atom. The van der Waals surface area contributed by atoms with Crippen LogP contribution in [0.25, 0.3) is 0 Å². The number of halogens is 2. The van der Waals surface area contributed by atoms with E-state index < -0.39 is 31.5 Å². The highest BCUT2D eigenvalue weighted by atomic mass is 19.3. The third-order valence-electron chi connectivity index (χ3n) is 1.88. The third kappa shape index (κ3) is 4.77. The molecule has 0 bridgehead atoms. The summed E-state index contributed by atoms with van der Waals surface area (Å²) in [6, 6.07) is 5.62. The number of carboxylic acids is 1. The molecule has 0 aliphatic rings. The van der Waals surface area contributed by atoms with E-state index in [0.717, 1.165) is 0 Å². The minimum Gasteiger partial charge on any atom is -0.482 e. The molecule has 5 nitrogen and oxygen atoms in total. The average Bonchev–Trinajstić information content (AvgIpc) is 2.33. The monoisotopic (exact) mass is 259 g/mol. The summed E-state index contributed by atoms with van der Waals surface area (Å²) in [5.74, 6) is -1.64. The Hall–Kier alpha value is -2.18. The van der Waals surface area contributed by atoms with Crippen LogP contribution in [0.3, 0.4) is 0 Å². The quantitative estimate of drug-likeness (QED) is 0.803. The van der Waals surface area contributed by atoms with E-state index in [1.807, 2.05) is 5.32 Å². The fraction of sp³-hybridized carbons (Fsp3) is 0.273. The van der Waals surface area contributed by atoms with Crippen molar-refractivity contribution in [2.75, 3.05) is 13.2 Å². The molecule has 2 N–H and O–H groups in total. The van der Waals surface area contributed by atoms with Gasteiger partial charge in [0.1, 0.15) is 5.75 Å². The number of amides is 1. The molecule has 0 unspecified atom stereocenters. The second-order valence-corrected chi connectivity index (χ2v) is 3.31. The number of carboxylic acid groups (broad SMARTS) is 1. The van der Waals surface area contributed by atoms with Gasteiger partial charge in [0.2, 0.25) is 0 Å². The highest BCUT2D eigenvalue weighted by Gasteiger charge is 2.09. The van der Waals surface area contributed by atoms with Gasteiger partial charge in [0.05, 0.1) is 6.54 Å². The number of aliphatic carboxylic acids is 1. The molecule has 1 aromatic carbocycles.